The average molecular weight is 352 g/mol. The predicted octanol–water partition coefficient (Wildman–Crippen LogP) is 3.59. The molecule has 0 amide bonds. The van der Waals surface area contributed by atoms with E-state index in [1.807, 2.05) is 0 Å². The van der Waals surface area contributed by atoms with Crippen LogP contribution in [-0.4, -0.2) is 51.7 Å². The molecule has 0 atom stereocenters. The third-order valence-corrected chi connectivity index (χ3v) is 4.25. The van der Waals surface area contributed by atoms with Crippen molar-refractivity contribution in [3.05, 3.63) is 0 Å². The maximum Gasteiger partial charge on any atom is 2.00 e. The Morgan fingerprint density at radius 3 is 1.17 bits per heavy atom. The molecule has 0 unspecified atom stereocenters. The van der Waals surface area contributed by atoms with Crippen molar-refractivity contribution in [3.63, 3.8) is 0 Å². The van der Waals surface area contributed by atoms with Gasteiger partial charge in [0, 0.05) is 6.61 Å². The molecular formula is C18H37BCaO3. The summed E-state index contributed by atoms with van der Waals surface area (Å²) >= 11 is 0. The van der Waals surface area contributed by atoms with Gasteiger partial charge < -0.3 is 14.7 Å². The molecule has 0 aliphatic rings. The number of rotatable bonds is 18. The van der Waals surface area contributed by atoms with Gasteiger partial charge in [0.15, 0.2) is 0 Å². The van der Waals surface area contributed by atoms with E-state index in [1.54, 1.807) is 0 Å². The zero-order valence-electron chi connectivity index (χ0n) is 15.5. The van der Waals surface area contributed by atoms with E-state index in [0.29, 0.717) is 6.61 Å². The summed E-state index contributed by atoms with van der Waals surface area (Å²) in [6.07, 6.45) is 21.2. The Morgan fingerprint density at radius 2 is 0.870 bits per heavy atom. The summed E-state index contributed by atoms with van der Waals surface area (Å²) in [4.78, 5) is 0. The fourth-order valence-electron chi connectivity index (χ4n) is 2.83. The van der Waals surface area contributed by atoms with E-state index in [0.717, 1.165) is 12.8 Å². The van der Waals surface area contributed by atoms with E-state index in [-0.39, 0.29) is 37.7 Å². The quantitative estimate of drug-likeness (QED) is 0.280. The first kappa shape index (κ1) is 26.4. The fourth-order valence-corrected chi connectivity index (χ4v) is 2.83. The van der Waals surface area contributed by atoms with Crippen molar-refractivity contribution in [1.29, 1.82) is 0 Å². The summed E-state index contributed by atoms with van der Waals surface area (Å²) in [6.45, 7) is 2.60. The molecule has 0 radical (unpaired) electrons. The molecule has 0 aromatic heterocycles. The van der Waals surface area contributed by atoms with Gasteiger partial charge in [0.2, 0.25) is 0 Å². The number of hydrogen-bond acceptors (Lipinski definition) is 3. The Labute approximate surface area is 175 Å². The molecule has 0 heterocycles. The van der Waals surface area contributed by atoms with Crippen LogP contribution >= 0.6 is 0 Å². The van der Waals surface area contributed by atoms with E-state index in [1.165, 1.54) is 89.9 Å². The molecule has 0 spiro atoms. The molecule has 3 nitrogen and oxygen atoms in total. The second kappa shape index (κ2) is 23.2. The van der Waals surface area contributed by atoms with Crippen molar-refractivity contribution in [2.75, 3.05) is 6.61 Å². The smallest absolute Gasteiger partial charge is 0.871 e. The molecule has 5 heteroatoms. The minimum absolute atomic E-state index is 0. The minimum Gasteiger partial charge on any atom is -0.871 e. The topological polar surface area (TPSA) is 55.3 Å². The van der Waals surface area contributed by atoms with Crippen molar-refractivity contribution in [3.8, 4) is 0 Å². The van der Waals surface area contributed by atoms with Crippen LogP contribution in [-0.2, 0) is 4.65 Å². The zero-order chi connectivity index (χ0) is 16.3. The van der Waals surface area contributed by atoms with Crippen molar-refractivity contribution < 1.29 is 14.7 Å². The van der Waals surface area contributed by atoms with Crippen LogP contribution in [0.15, 0.2) is 0 Å². The van der Waals surface area contributed by atoms with Gasteiger partial charge in [-0.2, -0.15) is 0 Å². The summed E-state index contributed by atoms with van der Waals surface area (Å²) in [5.41, 5.74) is 0. The van der Waals surface area contributed by atoms with E-state index < -0.39 is 7.32 Å². The summed E-state index contributed by atoms with van der Waals surface area (Å²) in [7, 11) is -2.10. The van der Waals surface area contributed by atoms with Gasteiger partial charge in [-0.25, -0.2) is 0 Å². The van der Waals surface area contributed by atoms with Gasteiger partial charge in [0.1, 0.15) is 0 Å². The van der Waals surface area contributed by atoms with E-state index in [4.69, 9.17) is 0 Å². The molecule has 23 heavy (non-hydrogen) atoms. The Hall–Kier alpha value is 1.20. The largest absolute Gasteiger partial charge is 2.00 e. The molecule has 0 aromatic rings. The monoisotopic (exact) mass is 352 g/mol. The molecule has 0 N–H and O–H groups in total. The van der Waals surface area contributed by atoms with Crippen LogP contribution in [0.3, 0.4) is 0 Å². The Balaban J connectivity index is 0. The Kier molecular flexibility index (Phi) is 26.7. The molecule has 0 saturated carbocycles. The first-order chi connectivity index (χ1) is 10.8. The predicted molar refractivity (Wildman–Crippen MR) is 97.0 cm³/mol. The van der Waals surface area contributed by atoms with E-state index in [2.05, 4.69) is 11.6 Å². The number of unbranched alkanes of at least 4 members (excludes halogenated alkanes) is 15. The van der Waals surface area contributed by atoms with Crippen molar-refractivity contribution in [1.82, 2.24) is 0 Å². The van der Waals surface area contributed by atoms with Crippen LogP contribution in [0.5, 0.6) is 0 Å². The Morgan fingerprint density at radius 1 is 0.565 bits per heavy atom. The van der Waals surface area contributed by atoms with Crippen LogP contribution in [0.1, 0.15) is 110 Å². The molecular weight excluding hydrogens is 315 g/mol. The third-order valence-electron chi connectivity index (χ3n) is 4.25. The van der Waals surface area contributed by atoms with Crippen LogP contribution in [0, 0.1) is 0 Å². The molecule has 0 saturated heterocycles. The average Bonchev–Trinajstić information content (AvgIpc) is 2.50. The van der Waals surface area contributed by atoms with Crippen LogP contribution in [0.2, 0.25) is 0 Å². The molecule has 0 fully saturated rings. The molecule has 132 valence electrons. The molecule has 0 aliphatic carbocycles. The summed E-state index contributed by atoms with van der Waals surface area (Å²) in [5, 5.41) is 20.2. The second-order valence-electron chi connectivity index (χ2n) is 6.46. The van der Waals surface area contributed by atoms with Gasteiger partial charge >= 0.3 is 37.7 Å². The molecule has 0 aromatic carbocycles. The van der Waals surface area contributed by atoms with Crippen LogP contribution < -0.4 is 10.0 Å². The normalized spacial score (nSPS) is 10.6. The fraction of sp³-hybridized carbons (Fsp3) is 1.00. The summed E-state index contributed by atoms with van der Waals surface area (Å²) in [6, 6.07) is 0. The number of hydrogen-bond donors (Lipinski definition) is 0. The third kappa shape index (κ3) is 25.6. The summed E-state index contributed by atoms with van der Waals surface area (Å²) in [5.74, 6) is 0. The first-order valence-corrected chi connectivity index (χ1v) is 9.70. The minimum atomic E-state index is -2.10. The van der Waals surface area contributed by atoms with Gasteiger partial charge in [0.25, 0.3) is 0 Å². The molecule has 0 rings (SSSR count). The van der Waals surface area contributed by atoms with Gasteiger partial charge in [-0.3, -0.25) is 0 Å². The standard InChI is InChI=1S/C18H37BO3.Ca/c1-2-3-4-5-6-7-8-9-10-11-12-13-14-15-16-17-18-22-19(20)21;/h2-18H2,1H3;/q-2;+2. The first-order valence-electron chi connectivity index (χ1n) is 9.70. The van der Waals surface area contributed by atoms with Gasteiger partial charge in [-0.15, -0.1) is 0 Å². The SMILES string of the molecule is CCCCCCCCCCCCCCCCCCOB([O-])[O-].[Ca+2]. The van der Waals surface area contributed by atoms with Gasteiger partial charge in [0.05, 0.1) is 7.32 Å². The van der Waals surface area contributed by atoms with Gasteiger partial charge in [-0.1, -0.05) is 103 Å². The van der Waals surface area contributed by atoms with Crippen LogP contribution in [0.25, 0.3) is 0 Å². The zero-order valence-corrected chi connectivity index (χ0v) is 17.7. The van der Waals surface area contributed by atoms with E-state index in [9.17, 15) is 10.0 Å². The maximum absolute atomic E-state index is 10.1. The van der Waals surface area contributed by atoms with E-state index >= 15 is 0 Å². The van der Waals surface area contributed by atoms with Crippen molar-refractivity contribution >= 4 is 45.1 Å². The van der Waals surface area contributed by atoms with Gasteiger partial charge in [-0.05, 0) is 6.42 Å². The molecule has 0 aliphatic heterocycles. The molecule has 0 bridgehead atoms. The Bertz CT molecular complexity index is 207. The second-order valence-corrected chi connectivity index (χ2v) is 6.46. The van der Waals surface area contributed by atoms with Crippen molar-refractivity contribution in [2.24, 2.45) is 0 Å². The summed E-state index contributed by atoms with van der Waals surface area (Å²) < 4.78 is 4.45. The van der Waals surface area contributed by atoms with Crippen LogP contribution in [0.4, 0.5) is 0 Å². The maximum atomic E-state index is 10.1. The van der Waals surface area contributed by atoms with Crippen molar-refractivity contribution in [2.45, 2.75) is 110 Å².